The van der Waals surface area contributed by atoms with E-state index in [0.717, 1.165) is 16.8 Å². The summed E-state index contributed by atoms with van der Waals surface area (Å²) in [5, 5.41) is 10.3. The third-order valence-corrected chi connectivity index (χ3v) is 7.01. The zero-order valence-corrected chi connectivity index (χ0v) is 22.6. The molecular formula is C30H40FN5O2. The Morgan fingerprint density at radius 3 is 2.42 bits per heavy atom. The molecular weight excluding hydrogens is 481 g/mol. The monoisotopic (exact) mass is 521 g/mol. The summed E-state index contributed by atoms with van der Waals surface area (Å²) in [7, 11) is 0. The van der Waals surface area contributed by atoms with Gasteiger partial charge in [0.05, 0.1) is 24.4 Å². The molecule has 0 saturated carbocycles. The number of benzene rings is 2. The average molecular weight is 522 g/mol. The third kappa shape index (κ3) is 6.60. The Bertz CT molecular complexity index is 1180. The molecule has 3 N–H and O–H groups in total. The number of amides is 2. The van der Waals surface area contributed by atoms with Crippen LogP contribution in [-0.2, 0) is 6.54 Å². The van der Waals surface area contributed by atoms with Gasteiger partial charge in [-0.25, -0.2) is 14.2 Å². The molecule has 1 saturated heterocycles. The second kappa shape index (κ2) is 12.1. The summed E-state index contributed by atoms with van der Waals surface area (Å²) in [4.78, 5) is 22.3. The van der Waals surface area contributed by atoms with Gasteiger partial charge in [0.25, 0.3) is 0 Å². The predicted molar refractivity (Wildman–Crippen MR) is 148 cm³/mol. The quantitative estimate of drug-likeness (QED) is 0.443. The van der Waals surface area contributed by atoms with Crippen molar-refractivity contribution in [2.45, 2.75) is 58.5 Å². The number of carbonyl (C=O) groups is 1. The molecule has 38 heavy (non-hydrogen) atoms. The summed E-state index contributed by atoms with van der Waals surface area (Å²) in [6, 6.07) is 19.2. The fourth-order valence-corrected chi connectivity index (χ4v) is 5.19. The average Bonchev–Trinajstić information content (AvgIpc) is 3.31. The molecule has 3 atom stereocenters. The van der Waals surface area contributed by atoms with E-state index in [-0.39, 0.29) is 25.7 Å². The molecule has 0 aliphatic carbocycles. The summed E-state index contributed by atoms with van der Waals surface area (Å²) in [5.41, 5.74) is 8.07. The molecule has 204 valence electrons. The first-order valence-corrected chi connectivity index (χ1v) is 13.4. The highest BCUT2D eigenvalue weighted by Gasteiger charge is 2.41. The highest BCUT2D eigenvalue weighted by atomic mass is 19.1. The van der Waals surface area contributed by atoms with Crippen molar-refractivity contribution < 1.29 is 14.3 Å². The Balaban J connectivity index is 1.83. The van der Waals surface area contributed by atoms with E-state index in [2.05, 4.69) is 16.7 Å². The predicted octanol–water partition coefficient (Wildman–Crippen LogP) is 4.86. The lowest BCUT2D eigenvalue weighted by atomic mass is 9.84. The number of likely N-dealkylation sites (tertiary alicyclic amines) is 1. The number of aromatic nitrogens is 2. The largest absolute Gasteiger partial charge is 0.391 e. The van der Waals surface area contributed by atoms with E-state index >= 15 is 0 Å². The van der Waals surface area contributed by atoms with E-state index in [4.69, 9.17) is 10.7 Å². The van der Waals surface area contributed by atoms with Crippen molar-refractivity contribution in [3.05, 3.63) is 78.2 Å². The van der Waals surface area contributed by atoms with Gasteiger partial charge >= 0.3 is 6.03 Å². The van der Waals surface area contributed by atoms with Crippen LogP contribution in [-0.4, -0.2) is 68.9 Å². The van der Waals surface area contributed by atoms with E-state index in [9.17, 15) is 14.3 Å². The van der Waals surface area contributed by atoms with E-state index in [1.54, 1.807) is 9.80 Å². The van der Waals surface area contributed by atoms with Crippen LogP contribution >= 0.6 is 0 Å². The molecule has 2 amide bonds. The second-order valence-electron chi connectivity index (χ2n) is 11.2. The van der Waals surface area contributed by atoms with Crippen LogP contribution in [0.4, 0.5) is 9.18 Å². The minimum absolute atomic E-state index is 0.150. The SMILES string of the molecule is CC(C)(C)[C@H](c1nc(-c2ccccc2)cn1Cc1ccccc1)N(CC(F)CN)C(=O)N1CCC[C@@H](O)C1. The van der Waals surface area contributed by atoms with Gasteiger partial charge in [0, 0.05) is 37.9 Å². The number of urea groups is 1. The molecule has 1 aliphatic rings. The molecule has 8 heteroatoms. The van der Waals surface area contributed by atoms with Gasteiger partial charge in [-0.1, -0.05) is 81.4 Å². The van der Waals surface area contributed by atoms with Crippen molar-refractivity contribution in [2.24, 2.45) is 11.1 Å². The van der Waals surface area contributed by atoms with Crippen LogP contribution in [0.1, 0.15) is 51.0 Å². The first-order valence-electron chi connectivity index (χ1n) is 13.4. The fourth-order valence-electron chi connectivity index (χ4n) is 5.19. The normalized spacial score (nSPS) is 17.7. The number of halogens is 1. The summed E-state index contributed by atoms with van der Waals surface area (Å²) < 4.78 is 17.0. The first-order chi connectivity index (χ1) is 18.2. The minimum Gasteiger partial charge on any atom is -0.391 e. The number of nitrogens with two attached hydrogens (primary N) is 1. The van der Waals surface area contributed by atoms with Gasteiger partial charge in [0.2, 0.25) is 0 Å². The molecule has 0 bridgehead atoms. The number of carbonyl (C=O) groups excluding carboxylic acids is 1. The number of rotatable bonds is 8. The Labute approximate surface area is 225 Å². The van der Waals surface area contributed by atoms with Crippen molar-refractivity contribution in [3.8, 4) is 11.3 Å². The van der Waals surface area contributed by atoms with Gasteiger partial charge in [0.15, 0.2) is 0 Å². The number of imidazole rings is 1. The Kier molecular flexibility index (Phi) is 8.84. The van der Waals surface area contributed by atoms with E-state index in [1.165, 1.54) is 0 Å². The molecule has 1 fully saturated rings. The Morgan fingerprint density at radius 1 is 1.16 bits per heavy atom. The number of nitrogens with zero attached hydrogens (tertiary/aromatic N) is 4. The van der Waals surface area contributed by atoms with E-state index in [0.29, 0.717) is 31.8 Å². The lowest BCUT2D eigenvalue weighted by Crippen LogP contribution is -2.54. The highest BCUT2D eigenvalue weighted by molar-refractivity contribution is 5.75. The number of alkyl halides is 1. The molecule has 0 spiro atoms. The number of aliphatic hydroxyl groups excluding tert-OH is 1. The molecule has 1 aromatic heterocycles. The summed E-state index contributed by atoms with van der Waals surface area (Å²) >= 11 is 0. The minimum atomic E-state index is -1.38. The fraction of sp³-hybridized carbons (Fsp3) is 0.467. The smallest absolute Gasteiger partial charge is 0.320 e. The number of hydrogen-bond acceptors (Lipinski definition) is 4. The lowest BCUT2D eigenvalue weighted by Gasteiger charge is -2.43. The Morgan fingerprint density at radius 2 is 1.82 bits per heavy atom. The van der Waals surface area contributed by atoms with E-state index < -0.39 is 23.7 Å². The van der Waals surface area contributed by atoms with Crippen LogP contribution in [0.2, 0.25) is 0 Å². The standard InChI is InChI=1S/C30H40FN5O2/c1-30(2,3)27(36(19-24(31)17-32)29(38)34-16-10-15-25(37)20-34)28-33-26(23-13-8-5-9-14-23)21-35(28)18-22-11-6-4-7-12-22/h4-9,11-14,21,24-25,27,37H,10,15-20,32H2,1-3H3/t24?,25-,27+/m1/s1. The van der Waals surface area contributed by atoms with Gasteiger partial charge in [-0.05, 0) is 23.8 Å². The third-order valence-electron chi connectivity index (χ3n) is 7.01. The van der Waals surface area contributed by atoms with Gasteiger partial charge in [-0.15, -0.1) is 0 Å². The van der Waals surface area contributed by atoms with Gasteiger partial charge < -0.3 is 25.2 Å². The molecule has 2 heterocycles. The summed E-state index contributed by atoms with van der Waals surface area (Å²) in [6.07, 6.45) is 1.41. The topological polar surface area (TPSA) is 87.6 Å². The maximum Gasteiger partial charge on any atom is 0.320 e. The number of hydrogen-bond donors (Lipinski definition) is 2. The zero-order valence-electron chi connectivity index (χ0n) is 22.6. The number of aliphatic hydroxyl groups is 1. The molecule has 4 rings (SSSR count). The molecule has 7 nitrogen and oxygen atoms in total. The van der Waals surface area contributed by atoms with Crippen LogP contribution in [0, 0.1) is 5.41 Å². The Hall–Kier alpha value is -3.23. The molecule has 1 unspecified atom stereocenters. The van der Waals surface area contributed by atoms with E-state index in [1.807, 2.05) is 75.5 Å². The van der Waals surface area contributed by atoms with Crippen molar-refractivity contribution in [2.75, 3.05) is 26.2 Å². The van der Waals surface area contributed by atoms with Crippen LogP contribution in [0.3, 0.4) is 0 Å². The van der Waals surface area contributed by atoms with Crippen LogP contribution < -0.4 is 5.73 Å². The molecule has 1 aliphatic heterocycles. The van der Waals surface area contributed by atoms with Crippen LogP contribution in [0.25, 0.3) is 11.3 Å². The number of β-amino-alcohol motifs (C(OH)–C–C–N with tert-alkyl or cyclic N) is 1. The molecule has 0 radical (unpaired) electrons. The van der Waals surface area contributed by atoms with Crippen LogP contribution in [0.15, 0.2) is 66.9 Å². The maximum absolute atomic E-state index is 15.0. The van der Waals surface area contributed by atoms with Crippen LogP contribution in [0.5, 0.6) is 0 Å². The van der Waals surface area contributed by atoms with Gasteiger partial charge in [-0.2, -0.15) is 0 Å². The van der Waals surface area contributed by atoms with Crippen molar-refractivity contribution in [1.29, 1.82) is 0 Å². The maximum atomic E-state index is 15.0. The molecule has 2 aromatic carbocycles. The lowest BCUT2D eigenvalue weighted by molar-refractivity contribution is 0.0398. The number of piperidine rings is 1. The van der Waals surface area contributed by atoms with Crippen molar-refractivity contribution in [1.82, 2.24) is 19.4 Å². The van der Waals surface area contributed by atoms with Crippen molar-refractivity contribution in [3.63, 3.8) is 0 Å². The highest BCUT2D eigenvalue weighted by Crippen LogP contribution is 2.40. The van der Waals surface area contributed by atoms with Crippen molar-refractivity contribution >= 4 is 6.03 Å². The van der Waals surface area contributed by atoms with Gasteiger partial charge in [-0.3, -0.25) is 0 Å². The summed E-state index contributed by atoms with van der Waals surface area (Å²) in [5.74, 6) is 0.690. The zero-order chi connectivity index (χ0) is 27.3. The van der Waals surface area contributed by atoms with Gasteiger partial charge in [0.1, 0.15) is 12.0 Å². The first kappa shape index (κ1) is 27.8. The molecule has 3 aromatic rings. The second-order valence-corrected chi connectivity index (χ2v) is 11.2. The summed E-state index contributed by atoms with van der Waals surface area (Å²) in [6.45, 7) is 7.12.